The predicted molar refractivity (Wildman–Crippen MR) is 72.2 cm³/mol. The van der Waals surface area contributed by atoms with Crippen LogP contribution in [0.5, 0.6) is 0 Å². The maximum atomic E-state index is 12.4. The summed E-state index contributed by atoms with van der Waals surface area (Å²) in [4.78, 5) is 26.0. The molecule has 0 saturated carbocycles. The SMILES string of the molecule is CC(C)(N)C(=O)N1CCNC(=O)C1c1ccccc1. The van der Waals surface area contributed by atoms with Crippen LogP contribution in [0.2, 0.25) is 0 Å². The second kappa shape index (κ2) is 5.01. The molecule has 1 heterocycles. The molecule has 0 spiro atoms. The molecule has 1 aromatic rings. The summed E-state index contributed by atoms with van der Waals surface area (Å²) in [7, 11) is 0. The van der Waals surface area contributed by atoms with Gasteiger partial charge in [-0.05, 0) is 19.4 Å². The fraction of sp³-hybridized carbons (Fsp3) is 0.429. The third-order valence-corrected chi connectivity index (χ3v) is 3.14. The van der Waals surface area contributed by atoms with Crippen molar-refractivity contribution < 1.29 is 9.59 Å². The lowest BCUT2D eigenvalue weighted by molar-refractivity contribution is -0.146. The summed E-state index contributed by atoms with van der Waals surface area (Å²) in [6.07, 6.45) is 0. The maximum absolute atomic E-state index is 12.4. The Bertz CT molecular complexity index is 479. The van der Waals surface area contributed by atoms with Crippen molar-refractivity contribution in [2.45, 2.75) is 25.4 Å². The largest absolute Gasteiger partial charge is 0.352 e. The van der Waals surface area contributed by atoms with Gasteiger partial charge < -0.3 is 16.0 Å². The lowest BCUT2D eigenvalue weighted by Crippen LogP contribution is -2.59. The van der Waals surface area contributed by atoms with Crippen molar-refractivity contribution in [3.8, 4) is 0 Å². The molecule has 2 rings (SSSR count). The number of nitrogens with one attached hydrogen (secondary N) is 1. The summed E-state index contributed by atoms with van der Waals surface area (Å²) in [5.74, 6) is -0.369. The lowest BCUT2D eigenvalue weighted by atomic mass is 9.98. The smallest absolute Gasteiger partial charge is 0.247 e. The van der Waals surface area contributed by atoms with Crippen molar-refractivity contribution in [3.63, 3.8) is 0 Å². The molecule has 1 aromatic carbocycles. The third kappa shape index (κ3) is 2.76. The molecule has 3 N–H and O–H groups in total. The predicted octanol–water partition coefficient (Wildman–Crippen LogP) is 0.423. The minimum atomic E-state index is -0.981. The summed E-state index contributed by atoms with van der Waals surface area (Å²) in [5.41, 5.74) is 5.69. The fourth-order valence-corrected chi connectivity index (χ4v) is 2.22. The highest BCUT2D eigenvalue weighted by atomic mass is 16.2. The van der Waals surface area contributed by atoms with E-state index in [0.717, 1.165) is 5.56 Å². The molecule has 1 fully saturated rings. The van der Waals surface area contributed by atoms with E-state index in [0.29, 0.717) is 13.1 Å². The van der Waals surface area contributed by atoms with Gasteiger partial charge in [0.25, 0.3) is 0 Å². The topological polar surface area (TPSA) is 75.4 Å². The molecule has 2 amide bonds. The van der Waals surface area contributed by atoms with Crippen LogP contribution in [0.1, 0.15) is 25.5 Å². The monoisotopic (exact) mass is 261 g/mol. The Labute approximate surface area is 112 Å². The Morgan fingerprint density at radius 1 is 1.37 bits per heavy atom. The minimum Gasteiger partial charge on any atom is -0.352 e. The van der Waals surface area contributed by atoms with Crippen molar-refractivity contribution in [3.05, 3.63) is 35.9 Å². The molecule has 5 nitrogen and oxygen atoms in total. The van der Waals surface area contributed by atoms with Crippen LogP contribution < -0.4 is 11.1 Å². The Balaban J connectivity index is 2.35. The molecule has 0 radical (unpaired) electrons. The number of hydrogen-bond donors (Lipinski definition) is 2. The Kier molecular flexibility index (Phi) is 3.57. The summed E-state index contributed by atoms with van der Waals surface area (Å²) in [6, 6.07) is 8.69. The molecular weight excluding hydrogens is 242 g/mol. The number of amides is 2. The van der Waals surface area contributed by atoms with Gasteiger partial charge in [0.05, 0.1) is 5.54 Å². The Morgan fingerprint density at radius 2 is 2.00 bits per heavy atom. The molecule has 0 aromatic heterocycles. The van der Waals surface area contributed by atoms with Crippen LogP contribution in [0.15, 0.2) is 30.3 Å². The summed E-state index contributed by atoms with van der Waals surface area (Å²) in [6.45, 7) is 4.25. The van der Waals surface area contributed by atoms with Gasteiger partial charge in [0.2, 0.25) is 11.8 Å². The third-order valence-electron chi connectivity index (χ3n) is 3.14. The van der Waals surface area contributed by atoms with Gasteiger partial charge in [0.15, 0.2) is 0 Å². The zero-order valence-electron chi connectivity index (χ0n) is 11.2. The van der Waals surface area contributed by atoms with E-state index in [1.165, 1.54) is 0 Å². The van der Waals surface area contributed by atoms with Crippen molar-refractivity contribution >= 4 is 11.8 Å². The number of hydrogen-bond acceptors (Lipinski definition) is 3. The number of nitrogens with two attached hydrogens (primary N) is 1. The number of nitrogens with zero attached hydrogens (tertiary/aromatic N) is 1. The van der Waals surface area contributed by atoms with Gasteiger partial charge >= 0.3 is 0 Å². The second-order valence-corrected chi connectivity index (χ2v) is 5.32. The highest BCUT2D eigenvalue weighted by molar-refractivity contribution is 5.93. The van der Waals surface area contributed by atoms with Gasteiger partial charge in [-0.3, -0.25) is 9.59 Å². The highest BCUT2D eigenvalue weighted by Gasteiger charge is 2.38. The van der Waals surface area contributed by atoms with E-state index < -0.39 is 11.6 Å². The van der Waals surface area contributed by atoms with Gasteiger partial charge in [0.1, 0.15) is 6.04 Å². The van der Waals surface area contributed by atoms with E-state index in [2.05, 4.69) is 5.32 Å². The van der Waals surface area contributed by atoms with Crippen LogP contribution in [0, 0.1) is 0 Å². The van der Waals surface area contributed by atoms with Crippen molar-refractivity contribution in [1.82, 2.24) is 10.2 Å². The molecule has 1 atom stereocenters. The quantitative estimate of drug-likeness (QED) is 0.810. The minimum absolute atomic E-state index is 0.157. The fourth-order valence-electron chi connectivity index (χ4n) is 2.22. The molecule has 19 heavy (non-hydrogen) atoms. The summed E-state index contributed by atoms with van der Waals surface area (Å²) < 4.78 is 0. The number of rotatable bonds is 2. The molecule has 0 aliphatic carbocycles. The van der Waals surface area contributed by atoms with Gasteiger partial charge in [0, 0.05) is 13.1 Å². The van der Waals surface area contributed by atoms with E-state index in [-0.39, 0.29) is 11.8 Å². The van der Waals surface area contributed by atoms with Gasteiger partial charge in [-0.25, -0.2) is 0 Å². The zero-order chi connectivity index (χ0) is 14.0. The van der Waals surface area contributed by atoms with E-state index in [1.807, 2.05) is 30.3 Å². The lowest BCUT2D eigenvalue weighted by Gasteiger charge is -2.38. The number of piperazine rings is 1. The van der Waals surface area contributed by atoms with Gasteiger partial charge in [-0.15, -0.1) is 0 Å². The van der Waals surface area contributed by atoms with Gasteiger partial charge in [-0.2, -0.15) is 0 Å². The van der Waals surface area contributed by atoms with Crippen LogP contribution >= 0.6 is 0 Å². The first-order valence-electron chi connectivity index (χ1n) is 6.34. The standard InChI is InChI=1S/C14H19N3O2/c1-14(2,15)13(19)17-9-8-16-12(18)11(17)10-6-4-3-5-7-10/h3-7,11H,8-9,15H2,1-2H3,(H,16,18). The van der Waals surface area contributed by atoms with E-state index in [4.69, 9.17) is 5.73 Å². The van der Waals surface area contributed by atoms with Crippen molar-refractivity contribution in [1.29, 1.82) is 0 Å². The molecule has 1 aliphatic heterocycles. The summed E-state index contributed by atoms with van der Waals surface area (Å²) in [5, 5.41) is 2.79. The molecule has 5 heteroatoms. The average Bonchev–Trinajstić information content (AvgIpc) is 2.37. The molecule has 0 bridgehead atoms. The molecule has 1 saturated heterocycles. The summed E-state index contributed by atoms with van der Waals surface area (Å²) >= 11 is 0. The van der Waals surface area contributed by atoms with Crippen molar-refractivity contribution in [2.24, 2.45) is 5.73 Å². The number of carbonyl (C=O) groups is 2. The van der Waals surface area contributed by atoms with Crippen LogP contribution in [0.4, 0.5) is 0 Å². The zero-order valence-corrected chi connectivity index (χ0v) is 11.2. The molecular formula is C14H19N3O2. The van der Waals surface area contributed by atoms with Crippen LogP contribution in [0.25, 0.3) is 0 Å². The first-order valence-corrected chi connectivity index (χ1v) is 6.34. The van der Waals surface area contributed by atoms with E-state index in [9.17, 15) is 9.59 Å². The van der Waals surface area contributed by atoms with Crippen LogP contribution in [0.3, 0.4) is 0 Å². The normalized spacial score (nSPS) is 20.1. The Morgan fingerprint density at radius 3 is 2.58 bits per heavy atom. The average molecular weight is 261 g/mol. The molecule has 1 aliphatic rings. The highest BCUT2D eigenvalue weighted by Crippen LogP contribution is 2.25. The van der Waals surface area contributed by atoms with E-state index in [1.54, 1.807) is 18.7 Å². The number of carbonyl (C=O) groups excluding carboxylic acids is 2. The molecule has 1 unspecified atom stereocenters. The van der Waals surface area contributed by atoms with Crippen LogP contribution in [-0.2, 0) is 9.59 Å². The van der Waals surface area contributed by atoms with Crippen LogP contribution in [-0.4, -0.2) is 35.3 Å². The van der Waals surface area contributed by atoms with Gasteiger partial charge in [-0.1, -0.05) is 30.3 Å². The van der Waals surface area contributed by atoms with Crippen molar-refractivity contribution in [2.75, 3.05) is 13.1 Å². The second-order valence-electron chi connectivity index (χ2n) is 5.32. The first-order chi connectivity index (χ1) is 8.91. The number of benzene rings is 1. The van der Waals surface area contributed by atoms with E-state index >= 15 is 0 Å². The first kappa shape index (κ1) is 13.5. The maximum Gasteiger partial charge on any atom is 0.247 e. The Hall–Kier alpha value is -1.88. The molecule has 102 valence electrons.